The van der Waals surface area contributed by atoms with E-state index in [1.165, 1.54) is 0 Å². The lowest BCUT2D eigenvalue weighted by Crippen LogP contribution is -2.27. The number of anilines is 1. The van der Waals surface area contributed by atoms with E-state index in [0.717, 1.165) is 36.5 Å². The highest BCUT2D eigenvalue weighted by atomic mass is 35.5. The summed E-state index contributed by atoms with van der Waals surface area (Å²) in [5, 5.41) is 7.27. The Balaban J connectivity index is 1.61. The molecule has 1 aliphatic heterocycles. The van der Waals surface area contributed by atoms with Crippen LogP contribution in [0.1, 0.15) is 18.9 Å². The van der Waals surface area contributed by atoms with Gasteiger partial charge in [0.25, 0.3) is 0 Å². The Bertz CT molecular complexity index is 974. The van der Waals surface area contributed by atoms with Crippen molar-refractivity contribution < 1.29 is 13.2 Å². The molecule has 8 heteroatoms. The smallest absolute Gasteiger partial charge is 0.180 e. The molecule has 0 saturated heterocycles. The van der Waals surface area contributed by atoms with Gasteiger partial charge in [0, 0.05) is 24.5 Å². The molecule has 2 aromatic rings. The summed E-state index contributed by atoms with van der Waals surface area (Å²) in [5.41, 5.74) is 2.91. The van der Waals surface area contributed by atoms with Crippen LogP contribution in [0.2, 0.25) is 5.02 Å². The Morgan fingerprint density at radius 2 is 1.80 bits per heavy atom. The first-order valence-corrected chi connectivity index (χ1v) is 12.0. The molecule has 0 saturated carbocycles. The fourth-order valence-corrected chi connectivity index (χ4v) is 4.59. The van der Waals surface area contributed by atoms with Crippen molar-refractivity contribution in [1.29, 1.82) is 0 Å². The first kappa shape index (κ1) is 22.7. The van der Waals surface area contributed by atoms with Crippen LogP contribution in [-0.4, -0.2) is 64.7 Å². The van der Waals surface area contributed by atoms with Crippen molar-refractivity contribution in [2.24, 2.45) is 5.10 Å². The van der Waals surface area contributed by atoms with Gasteiger partial charge in [-0.1, -0.05) is 23.7 Å². The molecule has 1 atom stereocenters. The van der Waals surface area contributed by atoms with E-state index in [1.807, 2.05) is 55.2 Å². The molecule has 2 aromatic carbocycles. The number of benzene rings is 2. The van der Waals surface area contributed by atoms with Crippen molar-refractivity contribution in [3.8, 4) is 0 Å². The third-order valence-corrected chi connectivity index (χ3v) is 6.80. The first-order chi connectivity index (χ1) is 14.2. The Morgan fingerprint density at radius 1 is 1.13 bits per heavy atom. The lowest BCUT2D eigenvalue weighted by Gasteiger charge is -2.17. The number of sulfone groups is 1. The molecule has 0 spiro atoms. The van der Waals surface area contributed by atoms with E-state index in [2.05, 4.69) is 5.10 Å². The van der Waals surface area contributed by atoms with Crippen LogP contribution in [0.4, 0.5) is 5.69 Å². The molecule has 0 amide bonds. The third kappa shape index (κ3) is 6.04. The van der Waals surface area contributed by atoms with Crippen LogP contribution >= 0.6 is 11.6 Å². The number of hydrazone groups is 1. The fourth-order valence-electron chi connectivity index (χ4n) is 3.36. The van der Waals surface area contributed by atoms with E-state index in [0.29, 0.717) is 9.92 Å². The second-order valence-electron chi connectivity index (χ2n) is 7.68. The standard InChI is InChI=1S/C22H28ClN3O3S/c1-17(16-25(2)3)29-14-15-30(27,28)21-10-8-20(9-11-21)26-13-12-22(24-26)18-4-6-19(23)7-5-18/h4-11,17H,12-16H2,1-3H3. The molecule has 0 radical (unpaired) electrons. The number of halogens is 1. The molecule has 0 aromatic heterocycles. The number of hydrogen-bond donors (Lipinski definition) is 0. The summed E-state index contributed by atoms with van der Waals surface area (Å²) >= 11 is 5.95. The molecule has 0 bridgehead atoms. The number of nitrogens with zero attached hydrogens (tertiary/aromatic N) is 3. The zero-order valence-electron chi connectivity index (χ0n) is 17.6. The van der Waals surface area contributed by atoms with Crippen LogP contribution in [0.5, 0.6) is 0 Å². The van der Waals surface area contributed by atoms with Gasteiger partial charge in [-0.3, -0.25) is 5.01 Å². The zero-order chi connectivity index (χ0) is 21.7. The van der Waals surface area contributed by atoms with E-state index < -0.39 is 9.84 Å². The Hall–Kier alpha value is -1.93. The van der Waals surface area contributed by atoms with E-state index in [1.54, 1.807) is 24.3 Å². The van der Waals surface area contributed by atoms with Gasteiger partial charge in [-0.05, 0) is 63.0 Å². The van der Waals surface area contributed by atoms with E-state index in [9.17, 15) is 8.42 Å². The Kier molecular flexibility index (Phi) is 7.52. The largest absolute Gasteiger partial charge is 0.376 e. The quantitative estimate of drug-likeness (QED) is 0.584. The summed E-state index contributed by atoms with van der Waals surface area (Å²) in [6.45, 7) is 3.63. The highest BCUT2D eigenvalue weighted by molar-refractivity contribution is 7.91. The molecule has 0 fully saturated rings. The summed E-state index contributed by atoms with van der Waals surface area (Å²) in [6.07, 6.45) is 0.810. The van der Waals surface area contributed by atoms with Crippen LogP contribution < -0.4 is 5.01 Å². The van der Waals surface area contributed by atoms with Crippen molar-refractivity contribution >= 4 is 32.8 Å². The molecule has 3 rings (SSSR count). The molecule has 1 heterocycles. The van der Waals surface area contributed by atoms with Gasteiger partial charge in [0.2, 0.25) is 0 Å². The molecule has 1 aliphatic rings. The summed E-state index contributed by atoms with van der Waals surface area (Å²) < 4.78 is 30.8. The maximum atomic E-state index is 12.6. The van der Waals surface area contributed by atoms with Gasteiger partial charge in [0.15, 0.2) is 9.84 Å². The van der Waals surface area contributed by atoms with Crippen molar-refractivity contribution in [3.05, 3.63) is 59.1 Å². The zero-order valence-corrected chi connectivity index (χ0v) is 19.2. The predicted molar refractivity (Wildman–Crippen MR) is 122 cm³/mol. The lowest BCUT2D eigenvalue weighted by molar-refractivity contribution is 0.0583. The molecule has 0 aliphatic carbocycles. The molecule has 6 nitrogen and oxygen atoms in total. The number of rotatable bonds is 9. The minimum Gasteiger partial charge on any atom is -0.376 e. The summed E-state index contributed by atoms with van der Waals surface area (Å²) in [4.78, 5) is 2.31. The summed E-state index contributed by atoms with van der Waals surface area (Å²) in [6, 6.07) is 14.5. The van der Waals surface area contributed by atoms with E-state index in [-0.39, 0.29) is 18.5 Å². The third-order valence-electron chi connectivity index (χ3n) is 4.85. The molecular weight excluding hydrogens is 422 g/mol. The highest BCUT2D eigenvalue weighted by Gasteiger charge is 2.19. The Labute approximate surface area is 184 Å². The summed E-state index contributed by atoms with van der Waals surface area (Å²) in [7, 11) is 0.531. The molecule has 0 N–H and O–H groups in total. The number of ether oxygens (including phenoxy) is 1. The second kappa shape index (κ2) is 9.92. The average molecular weight is 450 g/mol. The summed E-state index contributed by atoms with van der Waals surface area (Å²) in [5.74, 6) is -0.0350. The number of hydrogen-bond acceptors (Lipinski definition) is 6. The SMILES string of the molecule is CC(CN(C)C)OCCS(=O)(=O)c1ccc(N2CCC(c3ccc(Cl)cc3)=N2)cc1. The topological polar surface area (TPSA) is 62.2 Å². The van der Waals surface area contributed by atoms with Crippen LogP contribution in [-0.2, 0) is 14.6 Å². The Morgan fingerprint density at radius 3 is 2.43 bits per heavy atom. The minimum atomic E-state index is -3.39. The average Bonchev–Trinajstić information content (AvgIpc) is 3.18. The van der Waals surface area contributed by atoms with Gasteiger partial charge in [0.05, 0.1) is 34.8 Å². The van der Waals surface area contributed by atoms with Gasteiger partial charge < -0.3 is 9.64 Å². The normalized spacial score (nSPS) is 15.5. The van der Waals surface area contributed by atoms with Gasteiger partial charge in [0.1, 0.15) is 0 Å². The maximum absolute atomic E-state index is 12.6. The van der Waals surface area contributed by atoms with Crippen LogP contribution in [0.15, 0.2) is 58.5 Å². The van der Waals surface area contributed by atoms with E-state index >= 15 is 0 Å². The van der Waals surface area contributed by atoms with E-state index in [4.69, 9.17) is 16.3 Å². The van der Waals surface area contributed by atoms with Gasteiger partial charge in [-0.15, -0.1) is 0 Å². The van der Waals surface area contributed by atoms with Crippen LogP contribution in [0, 0.1) is 0 Å². The lowest BCUT2D eigenvalue weighted by atomic mass is 10.1. The highest BCUT2D eigenvalue weighted by Crippen LogP contribution is 2.24. The van der Waals surface area contributed by atoms with Gasteiger partial charge >= 0.3 is 0 Å². The monoisotopic (exact) mass is 449 g/mol. The molecule has 162 valence electrons. The van der Waals surface area contributed by atoms with Crippen molar-refractivity contribution in [2.45, 2.75) is 24.3 Å². The second-order valence-corrected chi connectivity index (χ2v) is 10.2. The van der Waals surface area contributed by atoms with Crippen LogP contribution in [0.3, 0.4) is 0 Å². The maximum Gasteiger partial charge on any atom is 0.180 e. The van der Waals surface area contributed by atoms with Gasteiger partial charge in [-0.2, -0.15) is 5.10 Å². The minimum absolute atomic E-state index is 0.0135. The van der Waals surface area contributed by atoms with Crippen molar-refractivity contribution in [1.82, 2.24) is 4.90 Å². The van der Waals surface area contributed by atoms with Gasteiger partial charge in [-0.25, -0.2) is 8.42 Å². The molecule has 1 unspecified atom stereocenters. The van der Waals surface area contributed by atoms with Crippen molar-refractivity contribution in [3.63, 3.8) is 0 Å². The fraction of sp³-hybridized carbons (Fsp3) is 0.409. The molecular formula is C22H28ClN3O3S. The molecule has 30 heavy (non-hydrogen) atoms. The predicted octanol–water partition coefficient (Wildman–Crippen LogP) is 3.69. The first-order valence-electron chi connectivity index (χ1n) is 9.95. The van der Waals surface area contributed by atoms with Crippen molar-refractivity contribution in [2.75, 3.05) is 44.6 Å². The number of likely N-dealkylation sites (N-methyl/N-ethyl adjacent to an activating group) is 1. The van der Waals surface area contributed by atoms with Crippen LogP contribution in [0.25, 0.3) is 0 Å².